The molecule has 0 unspecified atom stereocenters. The van der Waals surface area contributed by atoms with Crippen LogP contribution in [0.25, 0.3) is 0 Å². The largest absolute Gasteiger partial charge is 0.390 e. The van der Waals surface area contributed by atoms with E-state index in [0.717, 1.165) is 25.7 Å². The van der Waals surface area contributed by atoms with Crippen molar-refractivity contribution in [3.63, 3.8) is 0 Å². The number of rotatable bonds is 6. The number of hydrogen-bond acceptors (Lipinski definition) is 3. The number of carbonyl (C=O) groups is 1. The highest BCUT2D eigenvalue weighted by atomic mass is 16.3. The van der Waals surface area contributed by atoms with Crippen molar-refractivity contribution in [3.8, 4) is 0 Å². The Bertz CT molecular complexity index is 281. The Morgan fingerprint density at radius 1 is 1.53 bits per heavy atom. The fourth-order valence-corrected chi connectivity index (χ4v) is 2.21. The van der Waals surface area contributed by atoms with Gasteiger partial charge in [-0.1, -0.05) is 31.9 Å². The molecule has 0 amide bonds. The van der Waals surface area contributed by atoms with E-state index in [9.17, 15) is 15.0 Å². The summed E-state index contributed by atoms with van der Waals surface area (Å²) >= 11 is 0. The fraction of sp³-hybridized carbons (Fsp3) is 0.786. The minimum absolute atomic E-state index is 0.0514. The predicted octanol–water partition coefficient (Wildman–Crippen LogP) is 2.21. The van der Waals surface area contributed by atoms with Crippen molar-refractivity contribution in [1.29, 1.82) is 0 Å². The molecule has 1 aliphatic rings. The van der Waals surface area contributed by atoms with Gasteiger partial charge in [0.25, 0.3) is 0 Å². The lowest BCUT2D eigenvalue weighted by molar-refractivity contribution is -0.124. The van der Waals surface area contributed by atoms with Crippen molar-refractivity contribution in [3.05, 3.63) is 12.2 Å². The maximum atomic E-state index is 11.2. The maximum Gasteiger partial charge on any atom is 0.161 e. The zero-order valence-corrected chi connectivity index (χ0v) is 10.9. The van der Waals surface area contributed by atoms with Crippen LogP contribution in [0.1, 0.15) is 52.4 Å². The van der Waals surface area contributed by atoms with Crippen LogP contribution in [-0.4, -0.2) is 27.7 Å². The van der Waals surface area contributed by atoms with Crippen LogP contribution in [-0.2, 0) is 4.79 Å². The van der Waals surface area contributed by atoms with Crippen LogP contribution in [0.15, 0.2) is 12.2 Å². The minimum atomic E-state index is -0.827. The van der Waals surface area contributed by atoms with Gasteiger partial charge in [-0.3, -0.25) is 4.79 Å². The van der Waals surface area contributed by atoms with Crippen molar-refractivity contribution in [2.45, 2.75) is 64.1 Å². The molecule has 0 heterocycles. The molecule has 1 aliphatic carbocycles. The van der Waals surface area contributed by atoms with Gasteiger partial charge in [0.2, 0.25) is 0 Å². The molecule has 2 N–H and O–H groups in total. The van der Waals surface area contributed by atoms with Crippen LogP contribution in [0.2, 0.25) is 0 Å². The fourth-order valence-electron chi connectivity index (χ4n) is 2.21. The summed E-state index contributed by atoms with van der Waals surface area (Å²) in [7, 11) is 0. The minimum Gasteiger partial charge on any atom is -0.390 e. The first-order valence-corrected chi connectivity index (χ1v) is 6.56. The van der Waals surface area contributed by atoms with Crippen LogP contribution < -0.4 is 0 Å². The molecule has 0 radical (unpaired) electrons. The Hall–Kier alpha value is -0.670. The van der Waals surface area contributed by atoms with Gasteiger partial charge in [0, 0.05) is 12.3 Å². The molecule has 3 nitrogen and oxygen atoms in total. The van der Waals surface area contributed by atoms with E-state index in [1.165, 1.54) is 0 Å². The third-order valence-corrected chi connectivity index (χ3v) is 3.47. The van der Waals surface area contributed by atoms with E-state index in [1.807, 2.05) is 19.1 Å². The molecule has 0 saturated heterocycles. The van der Waals surface area contributed by atoms with Crippen LogP contribution in [0.5, 0.6) is 0 Å². The van der Waals surface area contributed by atoms with Gasteiger partial charge in [-0.25, -0.2) is 0 Å². The Kier molecular flexibility index (Phi) is 5.34. The van der Waals surface area contributed by atoms with Gasteiger partial charge in [-0.05, 0) is 26.2 Å². The van der Waals surface area contributed by atoms with E-state index >= 15 is 0 Å². The number of aliphatic hydroxyl groups is 2. The van der Waals surface area contributed by atoms with Crippen molar-refractivity contribution in [2.75, 3.05) is 0 Å². The van der Waals surface area contributed by atoms with E-state index in [0.29, 0.717) is 12.8 Å². The number of ketones is 1. The van der Waals surface area contributed by atoms with Gasteiger partial charge in [0.1, 0.15) is 6.10 Å². The molecule has 3 heteroatoms. The SMILES string of the molecule is CCCC[C@@](C)(O)C/C=C/[C@H]1CCC(=O)[C@@H]1O. The molecule has 1 fully saturated rings. The molecule has 0 aromatic heterocycles. The second kappa shape index (κ2) is 6.31. The molecule has 0 aliphatic heterocycles. The predicted molar refractivity (Wildman–Crippen MR) is 67.6 cm³/mol. The van der Waals surface area contributed by atoms with E-state index in [4.69, 9.17) is 0 Å². The molecular weight excluding hydrogens is 216 g/mol. The van der Waals surface area contributed by atoms with E-state index in [1.54, 1.807) is 0 Å². The average molecular weight is 240 g/mol. The standard InChI is InChI=1S/C14H24O3/c1-3-4-9-14(2,17)10-5-6-11-7-8-12(15)13(11)16/h5-6,11,13,16-17H,3-4,7-10H2,1-2H3/b6-5+/t11-,13+,14+/m0/s1. The second-order valence-corrected chi connectivity index (χ2v) is 5.35. The van der Waals surface area contributed by atoms with E-state index < -0.39 is 11.7 Å². The Labute approximate surface area is 104 Å². The first-order valence-electron chi connectivity index (χ1n) is 6.56. The molecule has 98 valence electrons. The smallest absolute Gasteiger partial charge is 0.161 e. The van der Waals surface area contributed by atoms with Gasteiger partial charge in [-0.2, -0.15) is 0 Å². The quantitative estimate of drug-likeness (QED) is 0.700. The molecule has 17 heavy (non-hydrogen) atoms. The highest BCUT2D eigenvalue weighted by Gasteiger charge is 2.30. The van der Waals surface area contributed by atoms with Crippen LogP contribution in [0.3, 0.4) is 0 Å². The average Bonchev–Trinajstić information content (AvgIpc) is 2.58. The molecule has 1 saturated carbocycles. The Morgan fingerprint density at radius 2 is 2.24 bits per heavy atom. The van der Waals surface area contributed by atoms with Gasteiger partial charge < -0.3 is 10.2 Å². The summed E-state index contributed by atoms with van der Waals surface area (Å²) in [5, 5.41) is 19.6. The van der Waals surface area contributed by atoms with Crippen LogP contribution in [0.4, 0.5) is 0 Å². The third-order valence-electron chi connectivity index (χ3n) is 3.47. The summed E-state index contributed by atoms with van der Waals surface area (Å²) in [6.45, 7) is 3.94. The molecule has 0 bridgehead atoms. The molecule has 0 spiro atoms. The lowest BCUT2D eigenvalue weighted by Gasteiger charge is -2.21. The lowest BCUT2D eigenvalue weighted by atomic mass is 9.94. The summed E-state index contributed by atoms with van der Waals surface area (Å²) in [4.78, 5) is 11.2. The summed E-state index contributed by atoms with van der Waals surface area (Å²) < 4.78 is 0. The topological polar surface area (TPSA) is 57.5 Å². The third kappa shape index (κ3) is 4.60. The van der Waals surface area contributed by atoms with Gasteiger partial charge >= 0.3 is 0 Å². The molecule has 0 aromatic carbocycles. The highest BCUT2D eigenvalue weighted by molar-refractivity contribution is 5.85. The van der Waals surface area contributed by atoms with Crippen molar-refractivity contribution >= 4 is 5.78 Å². The first kappa shape index (κ1) is 14.4. The monoisotopic (exact) mass is 240 g/mol. The summed E-state index contributed by atoms with van der Waals surface area (Å²) in [6.07, 6.45) is 7.64. The summed E-state index contributed by atoms with van der Waals surface area (Å²) in [5.74, 6) is -0.109. The highest BCUT2D eigenvalue weighted by Crippen LogP contribution is 2.25. The number of carbonyl (C=O) groups excluding carboxylic acids is 1. The van der Waals surface area contributed by atoms with Gasteiger partial charge in [0.15, 0.2) is 5.78 Å². The zero-order valence-electron chi connectivity index (χ0n) is 10.9. The molecule has 3 atom stereocenters. The number of Topliss-reactive ketones (excluding diaryl/α,β-unsaturated/α-hetero) is 1. The van der Waals surface area contributed by atoms with Crippen molar-refractivity contribution in [1.82, 2.24) is 0 Å². The van der Waals surface area contributed by atoms with Crippen LogP contribution in [0, 0.1) is 5.92 Å². The Balaban J connectivity index is 2.36. The lowest BCUT2D eigenvalue weighted by Crippen LogP contribution is -2.23. The normalized spacial score (nSPS) is 28.8. The summed E-state index contributed by atoms with van der Waals surface area (Å²) in [6, 6.07) is 0. The first-order chi connectivity index (χ1) is 7.96. The van der Waals surface area contributed by atoms with Crippen LogP contribution >= 0.6 is 0 Å². The summed E-state index contributed by atoms with van der Waals surface area (Å²) in [5.41, 5.74) is -0.667. The molecule has 0 aromatic rings. The maximum absolute atomic E-state index is 11.2. The number of aliphatic hydroxyl groups excluding tert-OH is 1. The molecule has 1 rings (SSSR count). The number of hydrogen-bond donors (Lipinski definition) is 2. The van der Waals surface area contributed by atoms with E-state index in [2.05, 4.69) is 6.92 Å². The second-order valence-electron chi connectivity index (χ2n) is 5.35. The Morgan fingerprint density at radius 3 is 2.76 bits per heavy atom. The van der Waals surface area contributed by atoms with Crippen molar-refractivity contribution < 1.29 is 15.0 Å². The van der Waals surface area contributed by atoms with Gasteiger partial charge in [-0.15, -0.1) is 0 Å². The van der Waals surface area contributed by atoms with Gasteiger partial charge in [0.05, 0.1) is 5.60 Å². The molecular formula is C14H24O3. The zero-order chi connectivity index (χ0) is 12.9. The van der Waals surface area contributed by atoms with E-state index in [-0.39, 0.29) is 11.7 Å². The van der Waals surface area contributed by atoms with Crippen molar-refractivity contribution in [2.24, 2.45) is 5.92 Å². The number of unbranched alkanes of at least 4 members (excludes halogenated alkanes) is 1.